The van der Waals surface area contributed by atoms with Crippen molar-refractivity contribution >= 4 is 22.9 Å². The highest BCUT2D eigenvalue weighted by atomic mass is 16.5. The van der Waals surface area contributed by atoms with Crippen LogP contribution in [0.15, 0.2) is 30.5 Å². The summed E-state index contributed by atoms with van der Waals surface area (Å²) in [4.78, 5) is 29.1. The van der Waals surface area contributed by atoms with Crippen LogP contribution in [-0.2, 0) is 16.0 Å². The molecule has 0 saturated carbocycles. The minimum absolute atomic E-state index is 0.105. The van der Waals surface area contributed by atoms with E-state index < -0.39 is 5.41 Å². The number of aromatic amines is 1. The zero-order valence-electron chi connectivity index (χ0n) is 14.8. The fraction of sp³-hybridized carbons (Fsp3) is 0.474. The Morgan fingerprint density at radius 2 is 2.16 bits per heavy atom. The number of carbonyl (C=O) groups excluding carboxylic acids is 2. The van der Waals surface area contributed by atoms with Gasteiger partial charge in [0.2, 0.25) is 0 Å². The van der Waals surface area contributed by atoms with Crippen molar-refractivity contribution in [2.45, 2.75) is 26.2 Å². The first-order chi connectivity index (χ1) is 12.0. The molecule has 2 heterocycles. The predicted molar refractivity (Wildman–Crippen MR) is 96.3 cm³/mol. The highest BCUT2D eigenvalue weighted by molar-refractivity contribution is 5.83. The zero-order chi connectivity index (χ0) is 17.9. The monoisotopic (exact) mass is 343 g/mol. The third-order valence-electron chi connectivity index (χ3n) is 5.01. The lowest BCUT2D eigenvalue weighted by molar-refractivity contribution is -0.150. The van der Waals surface area contributed by atoms with Crippen molar-refractivity contribution in [1.29, 1.82) is 0 Å². The number of hydrogen-bond donors (Lipinski definition) is 2. The van der Waals surface area contributed by atoms with Crippen molar-refractivity contribution in [2.24, 2.45) is 5.41 Å². The third kappa shape index (κ3) is 3.62. The highest BCUT2D eigenvalue weighted by Gasteiger charge is 2.42. The lowest BCUT2D eigenvalue weighted by Crippen LogP contribution is -2.41. The van der Waals surface area contributed by atoms with Gasteiger partial charge in [-0.05, 0) is 37.8 Å². The van der Waals surface area contributed by atoms with Gasteiger partial charge in [0, 0.05) is 36.7 Å². The second-order valence-corrected chi connectivity index (χ2v) is 6.92. The van der Waals surface area contributed by atoms with Gasteiger partial charge in [0.15, 0.2) is 0 Å². The molecule has 6 heteroatoms. The van der Waals surface area contributed by atoms with Crippen LogP contribution in [0.25, 0.3) is 10.9 Å². The van der Waals surface area contributed by atoms with Crippen LogP contribution in [0.3, 0.4) is 0 Å². The molecule has 0 spiro atoms. The summed E-state index contributed by atoms with van der Waals surface area (Å²) < 4.78 is 4.84. The summed E-state index contributed by atoms with van der Waals surface area (Å²) in [5, 5.41) is 4.19. The van der Waals surface area contributed by atoms with Gasteiger partial charge in [0.05, 0.1) is 12.5 Å². The van der Waals surface area contributed by atoms with Gasteiger partial charge in [-0.1, -0.05) is 18.2 Å². The van der Waals surface area contributed by atoms with Crippen LogP contribution in [0.1, 0.15) is 25.3 Å². The SMILES string of the molecule is COC(=O)[C@]1(C)CCN(C(=O)NCCCc2c[nH]c3ccccc23)C1. The summed E-state index contributed by atoms with van der Waals surface area (Å²) in [5.41, 5.74) is 1.82. The second kappa shape index (κ2) is 7.17. The molecule has 1 aliphatic heterocycles. The van der Waals surface area contributed by atoms with Gasteiger partial charge in [0.1, 0.15) is 0 Å². The standard InChI is InChI=1S/C19H25N3O3/c1-19(17(23)25-2)9-11-22(13-19)18(24)20-10-5-6-14-12-21-16-8-4-3-7-15(14)16/h3-4,7-8,12,21H,5-6,9-11,13H2,1-2H3,(H,20,24)/t19-/m1/s1. The number of ether oxygens (including phenoxy) is 1. The summed E-state index contributed by atoms with van der Waals surface area (Å²) in [7, 11) is 1.39. The van der Waals surface area contributed by atoms with E-state index in [-0.39, 0.29) is 12.0 Å². The Hall–Kier alpha value is -2.50. The Labute approximate surface area is 147 Å². The van der Waals surface area contributed by atoms with Crippen molar-refractivity contribution in [1.82, 2.24) is 15.2 Å². The number of fused-ring (bicyclic) bond motifs is 1. The summed E-state index contributed by atoms with van der Waals surface area (Å²) in [6.45, 7) is 3.46. The maximum atomic E-state index is 12.3. The molecule has 0 bridgehead atoms. The number of urea groups is 1. The number of likely N-dealkylation sites (tertiary alicyclic amines) is 1. The van der Waals surface area contributed by atoms with Gasteiger partial charge in [-0.3, -0.25) is 4.79 Å². The van der Waals surface area contributed by atoms with Gasteiger partial charge in [-0.2, -0.15) is 0 Å². The summed E-state index contributed by atoms with van der Waals surface area (Å²) in [5.74, 6) is -0.248. The van der Waals surface area contributed by atoms with Gasteiger partial charge in [-0.15, -0.1) is 0 Å². The average molecular weight is 343 g/mol. The van der Waals surface area contributed by atoms with E-state index in [1.807, 2.05) is 25.3 Å². The number of esters is 1. The Balaban J connectivity index is 1.45. The van der Waals surface area contributed by atoms with Gasteiger partial charge >= 0.3 is 12.0 Å². The predicted octanol–water partition coefficient (Wildman–Crippen LogP) is 2.70. The average Bonchev–Trinajstić information content (AvgIpc) is 3.23. The number of methoxy groups -OCH3 is 1. The van der Waals surface area contributed by atoms with Crippen LogP contribution in [0.5, 0.6) is 0 Å². The molecule has 25 heavy (non-hydrogen) atoms. The molecule has 0 aliphatic carbocycles. The smallest absolute Gasteiger partial charge is 0.317 e. The zero-order valence-corrected chi connectivity index (χ0v) is 14.8. The number of rotatable bonds is 5. The third-order valence-corrected chi connectivity index (χ3v) is 5.01. The van der Waals surface area contributed by atoms with Crippen molar-refractivity contribution in [3.8, 4) is 0 Å². The maximum absolute atomic E-state index is 12.3. The summed E-state index contributed by atoms with van der Waals surface area (Å²) in [6.07, 6.45) is 4.46. The minimum Gasteiger partial charge on any atom is -0.469 e. The van der Waals surface area contributed by atoms with Crippen LogP contribution in [0, 0.1) is 5.41 Å². The Kier molecular flexibility index (Phi) is 4.97. The maximum Gasteiger partial charge on any atom is 0.317 e. The van der Waals surface area contributed by atoms with Crippen LogP contribution in [0.2, 0.25) is 0 Å². The number of amides is 2. The second-order valence-electron chi connectivity index (χ2n) is 6.92. The van der Waals surface area contributed by atoms with E-state index in [2.05, 4.69) is 22.4 Å². The van der Waals surface area contributed by atoms with Crippen LogP contribution in [-0.4, -0.2) is 48.6 Å². The quantitative estimate of drug-likeness (QED) is 0.647. The molecule has 2 aromatic rings. The molecule has 0 radical (unpaired) electrons. The number of carbonyl (C=O) groups is 2. The van der Waals surface area contributed by atoms with Crippen molar-refractivity contribution < 1.29 is 14.3 Å². The van der Waals surface area contributed by atoms with E-state index in [1.165, 1.54) is 18.1 Å². The first-order valence-electron chi connectivity index (χ1n) is 8.70. The topological polar surface area (TPSA) is 74.4 Å². The summed E-state index contributed by atoms with van der Waals surface area (Å²) >= 11 is 0. The van der Waals surface area contributed by atoms with E-state index in [4.69, 9.17) is 4.74 Å². The molecule has 2 amide bonds. The Bertz CT molecular complexity index is 770. The van der Waals surface area contributed by atoms with Gasteiger partial charge < -0.3 is 19.9 Å². The number of benzene rings is 1. The molecule has 1 atom stereocenters. The Morgan fingerprint density at radius 3 is 2.96 bits per heavy atom. The van der Waals surface area contributed by atoms with Gasteiger partial charge in [-0.25, -0.2) is 4.79 Å². The molecule has 1 aromatic heterocycles. The number of H-pyrrole nitrogens is 1. The van der Waals surface area contributed by atoms with Gasteiger partial charge in [0.25, 0.3) is 0 Å². The fourth-order valence-electron chi connectivity index (χ4n) is 3.47. The number of para-hydroxylation sites is 1. The largest absolute Gasteiger partial charge is 0.469 e. The van der Waals surface area contributed by atoms with Crippen LogP contribution < -0.4 is 5.32 Å². The lowest BCUT2D eigenvalue weighted by Gasteiger charge is -2.22. The molecule has 1 fully saturated rings. The Morgan fingerprint density at radius 1 is 1.36 bits per heavy atom. The van der Waals surface area contributed by atoms with E-state index in [1.54, 1.807) is 4.90 Å². The first kappa shape index (κ1) is 17.3. The number of nitrogens with zero attached hydrogens (tertiary/aromatic N) is 1. The van der Waals surface area contributed by atoms with E-state index in [0.717, 1.165) is 18.4 Å². The molecule has 6 nitrogen and oxygen atoms in total. The molecular formula is C19H25N3O3. The number of nitrogens with one attached hydrogen (secondary N) is 2. The lowest BCUT2D eigenvalue weighted by atomic mass is 9.90. The molecule has 1 saturated heterocycles. The van der Waals surface area contributed by atoms with E-state index in [0.29, 0.717) is 26.1 Å². The molecule has 0 unspecified atom stereocenters. The molecule has 2 N–H and O–H groups in total. The van der Waals surface area contributed by atoms with Crippen LogP contribution >= 0.6 is 0 Å². The van der Waals surface area contributed by atoms with Crippen molar-refractivity contribution in [2.75, 3.05) is 26.7 Å². The van der Waals surface area contributed by atoms with E-state index in [9.17, 15) is 9.59 Å². The number of hydrogen-bond acceptors (Lipinski definition) is 3. The van der Waals surface area contributed by atoms with Crippen molar-refractivity contribution in [3.05, 3.63) is 36.0 Å². The highest BCUT2D eigenvalue weighted by Crippen LogP contribution is 2.31. The molecule has 134 valence electrons. The molecular weight excluding hydrogens is 318 g/mol. The summed E-state index contributed by atoms with van der Waals surface area (Å²) in [6, 6.07) is 8.12. The molecule has 1 aromatic carbocycles. The molecule has 1 aliphatic rings. The minimum atomic E-state index is -0.587. The fourth-order valence-corrected chi connectivity index (χ4v) is 3.47. The van der Waals surface area contributed by atoms with Crippen molar-refractivity contribution in [3.63, 3.8) is 0 Å². The number of aryl methyl sites for hydroxylation is 1. The first-order valence-corrected chi connectivity index (χ1v) is 8.70. The molecule has 3 rings (SSSR count). The van der Waals surface area contributed by atoms with E-state index >= 15 is 0 Å². The van der Waals surface area contributed by atoms with Crippen LogP contribution in [0.4, 0.5) is 4.79 Å². The number of aromatic nitrogens is 1. The normalized spacial score (nSPS) is 20.0.